The van der Waals surface area contributed by atoms with Gasteiger partial charge in [-0.05, 0) is 31.7 Å². The van der Waals surface area contributed by atoms with Gasteiger partial charge < -0.3 is 19.8 Å². The van der Waals surface area contributed by atoms with Gasteiger partial charge in [-0.2, -0.15) is 0 Å². The first-order chi connectivity index (χ1) is 13.9. The number of benzene rings is 2. The van der Waals surface area contributed by atoms with E-state index in [2.05, 4.69) is 47.8 Å². The number of methoxy groups -OCH3 is 2. The van der Waals surface area contributed by atoms with Gasteiger partial charge in [0.2, 0.25) is 5.91 Å². The highest BCUT2D eigenvalue weighted by Gasteiger charge is 2.19. The minimum absolute atomic E-state index is 0.142. The molecule has 0 aliphatic carbocycles. The molecule has 0 spiro atoms. The Morgan fingerprint density at radius 1 is 1.17 bits per heavy atom. The maximum absolute atomic E-state index is 11.2. The second kappa shape index (κ2) is 9.01. The molecule has 2 N–H and O–H groups in total. The summed E-state index contributed by atoms with van der Waals surface area (Å²) in [6.07, 6.45) is 2.45. The van der Waals surface area contributed by atoms with Gasteiger partial charge >= 0.3 is 0 Å². The van der Waals surface area contributed by atoms with Gasteiger partial charge in [0.05, 0.1) is 14.2 Å². The van der Waals surface area contributed by atoms with Gasteiger partial charge in [0.1, 0.15) is 11.5 Å². The van der Waals surface area contributed by atoms with Crippen molar-refractivity contribution < 1.29 is 14.3 Å². The molecule has 6 heteroatoms. The number of para-hydroxylation sites is 1. The molecule has 154 valence electrons. The van der Waals surface area contributed by atoms with Crippen molar-refractivity contribution in [2.75, 3.05) is 21.3 Å². The fourth-order valence-electron chi connectivity index (χ4n) is 3.67. The Kier molecular flexibility index (Phi) is 6.44. The van der Waals surface area contributed by atoms with Crippen LogP contribution in [-0.4, -0.2) is 36.6 Å². The van der Waals surface area contributed by atoms with Gasteiger partial charge in [-0.15, -0.1) is 0 Å². The first-order valence-electron chi connectivity index (χ1n) is 9.71. The van der Waals surface area contributed by atoms with Crippen LogP contribution in [0.3, 0.4) is 0 Å². The third kappa shape index (κ3) is 4.54. The summed E-state index contributed by atoms with van der Waals surface area (Å²) in [5, 5.41) is 1.19. The summed E-state index contributed by atoms with van der Waals surface area (Å²) in [5.74, 6) is 1.30. The SMILES string of the molecule is COc1ccc(C(C)N(C)Cc2cn(CCC(N)=O)c3ccccc23)c(OC)c1. The molecule has 1 unspecified atom stereocenters. The molecule has 6 nitrogen and oxygen atoms in total. The molecule has 0 bridgehead atoms. The molecule has 0 radical (unpaired) electrons. The van der Waals surface area contributed by atoms with E-state index in [1.165, 1.54) is 10.9 Å². The lowest BCUT2D eigenvalue weighted by atomic mass is 10.0. The quantitative estimate of drug-likeness (QED) is 0.599. The Balaban J connectivity index is 1.86. The number of nitrogens with two attached hydrogens (primary N) is 1. The number of ether oxygens (including phenoxy) is 2. The fraction of sp³-hybridized carbons (Fsp3) is 0.348. The predicted molar refractivity (Wildman–Crippen MR) is 115 cm³/mol. The van der Waals surface area contributed by atoms with Gasteiger partial charge in [0.25, 0.3) is 0 Å². The lowest BCUT2D eigenvalue weighted by Crippen LogP contribution is -2.22. The third-order valence-corrected chi connectivity index (χ3v) is 5.44. The average molecular weight is 396 g/mol. The van der Waals surface area contributed by atoms with E-state index < -0.39 is 0 Å². The predicted octanol–water partition coefficient (Wildman–Crippen LogP) is 3.73. The van der Waals surface area contributed by atoms with E-state index in [-0.39, 0.29) is 11.9 Å². The third-order valence-electron chi connectivity index (χ3n) is 5.44. The van der Waals surface area contributed by atoms with Gasteiger partial charge in [-0.3, -0.25) is 9.69 Å². The molecule has 1 amide bonds. The van der Waals surface area contributed by atoms with Gasteiger partial charge in [0, 0.05) is 54.3 Å². The molecule has 1 aromatic heterocycles. The zero-order valence-electron chi connectivity index (χ0n) is 17.5. The van der Waals surface area contributed by atoms with E-state index >= 15 is 0 Å². The number of aromatic nitrogens is 1. The monoisotopic (exact) mass is 395 g/mol. The molecule has 0 aliphatic rings. The summed E-state index contributed by atoms with van der Waals surface area (Å²) < 4.78 is 13.0. The fourth-order valence-corrected chi connectivity index (χ4v) is 3.67. The Bertz CT molecular complexity index is 996. The molecule has 0 saturated carbocycles. The summed E-state index contributed by atoms with van der Waals surface area (Å²) in [6.45, 7) is 3.51. The molecule has 0 saturated heterocycles. The van der Waals surface area contributed by atoms with Crippen molar-refractivity contribution in [2.45, 2.75) is 32.5 Å². The first-order valence-corrected chi connectivity index (χ1v) is 9.71. The van der Waals surface area contributed by atoms with Crippen LogP contribution in [0.1, 0.15) is 30.5 Å². The minimum Gasteiger partial charge on any atom is -0.497 e. The number of amides is 1. The number of rotatable bonds is 9. The van der Waals surface area contributed by atoms with Crippen molar-refractivity contribution in [1.29, 1.82) is 0 Å². The van der Waals surface area contributed by atoms with Crippen LogP contribution in [0, 0.1) is 0 Å². The molecule has 0 aliphatic heterocycles. The van der Waals surface area contributed by atoms with Gasteiger partial charge in [-0.1, -0.05) is 24.3 Å². The van der Waals surface area contributed by atoms with Crippen LogP contribution in [-0.2, 0) is 17.9 Å². The van der Waals surface area contributed by atoms with Crippen LogP contribution in [0.15, 0.2) is 48.7 Å². The molecule has 1 heterocycles. The summed E-state index contributed by atoms with van der Waals surface area (Å²) in [6, 6.07) is 14.3. The van der Waals surface area contributed by atoms with Crippen LogP contribution in [0.2, 0.25) is 0 Å². The Morgan fingerprint density at radius 2 is 1.93 bits per heavy atom. The lowest BCUT2D eigenvalue weighted by Gasteiger charge is -2.26. The van der Waals surface area contributed by atoms with Crippen molar-refractivity contribution >= 4 is 16.8 Å². The van der Waals surface area contributed by atoms with E-state index in [0.29, 0.717) is 13.0 Å². The average Bonchev–Trinajstić information content (AvgIpc) is 3.08. The van der Waals surface area contributed by atoms with E-state index in [1.54, 1.807) is 14.2 Å². The zero-order valence-corrected chi connectivity index (χ0v) is 17.5. The molecule has 0 fully saturated rings. The number of hydrogen-bond donors (Lipinski definition) is 1. The van der Waals surface area contributed by atoms with Crippen LogP contribution in [0.25, 0.3) is 10.9 Å². The second-order valence-corrected chi connectivity index (χ2v) is 7.28. The normalized spacial score (nSPS) is 12.3. The summed E-state index contributed by atoms with van der Waals surface area (Å²) in [7, 11) is 5.43. The highest BCUT2D eigenvalue weighted by atomic mass is 16.5. The van der Waals surface area contributed by atoms with Crippen LogP contribution < -0.4 is 15.2 Å². The molecular formula is C23H29N3O3. The summed E-state index contributed by atoms with van der Waals surface area (Å²) >= 11 is 0. The second-order valence-electron chi connectivity index (χ2n) is 7.28. The Hall–Kier alpha value is -2.99. The Morgan fingerprint density at radius 3 is 2.62 bits per heavy atom. The van der Waals surface area contributed by atoms with E-state index in [1.807, 2.05) is 24.3 Å². The van der Waals surface area contributed by atoms with Crippen molar-refractivity contribution in [2.24, 2.45) is 5.73 Å². The molecule has 2 aromatic carbocycles. The minimum atomic E-state index is -0.290. The molecule has 1 atom stereocenters. The first kappa shape index (κ1) is 20.7. The van der Waals surface area contributed by atoms with Gasteiger partial charge in [-0.25, -0.2) is 0 Å². The van der Waals surface area contributed by atoms with E-state index in [9.17, 15) is 4.79 Å². The van der Waals surface area contributed by atoms with Gasteiger partial charge in [0.15, 0.2) is 0 Å². The molecule has 3 rings (SSSR count). The van der Waals surface area contributed by atoms with Crippen molar-refractivity contribution in [1.82, 2.24) is 9.47 Å². The maximum atomic E-state index is 11.2. The summed E-state index contributed by atoms with van der Waals surface area (Å²) in [5.41, 5.74) is 8.78. The van der Waals surface area contributed by atoms with Crippen LogP contribution >= 0.6 is 0 Å². The van der Waals surface area contributed by atoms with E-state index in [4.69, 9.17) is 15.2 Å². The van der Waals surface area contributed by atoms with Crippen LogP contribution in [0.5, 0.6) is 11.5 Å². The van der Waals surface area contributed by atoms with Crippen molar-refractivity contribution in [3.63, 3.8) is 0 Å². The molecule has 3 aromatic rings. The number of fused-ring (bicyclic) bond motifs is 1. The Labute approximate surface area is 171 Å². The molecular weight excluding hydrogens is 366 g/mol. The topological polar surface area (TPSA) is 69.7 Å². The van der Waals surface area contributed by atoms with Crippen LogP contribution in [0.4, 0.5) is 0 Å². The maximum Gasteiger partial charge on any atom is 0.219 e. The lowest BCUT2D eigenvalue weighted by molar-refractivity contribution is -0.118. The number of carbonyl (C=O) groups is 1. The number of hydrogen-bond acceptors (Lipinski definition) is 4. The molecule has 29 heavy (non-hydrogen) atoms. The number of primary amides is 1. The largest absolute Gasteiger partial charge is 0.497 e. The highest BCUT2D eigenvalue weighted by molar-refractivity contribution is 5.84. The smallest absolute Gasteiger partial charge is 0.219 e. The number of carbonyl (C=O) groups excluding carboxylic acids is 1. The van der Waals surface area contributed by atoms with Crippen molar-refractivity contribution in [3.8, 4) is 11.5 Å². The van der Waals surface area contributed by atoms with Crippen molar-refractivity contribution in [3.05, 3.63) is 59.8 Å². The van der Waals surface area contributed by atoms with E-state index in [0.717, 1.165) is 29.1 Å². The zero-order chi connectivity index (χ0) is 21.0. The highest BCUT2D eigenvalue weighted by Crippen LogP contribution is 2.33. The number of aryl methyl sites for hydroxylation is 1. The summed E-state index contributed by atoms with van der Waals surface area (Å²) in [4.78, 5) is 13.5. The standard InChI is InChI=1S/C23H29N3O3/c1-16(19-10-9-18(28-3)13-22(19)29-4)25(2)14-17-15-26(12-11-23(24)27)21-8-6-5-7-20(17)21/h5-10,13,15-16H,11-12,14H2,1-4H3,(H2,24,27). The number of nitrogens with zero attached hydrogens (tertiary/aromatic N) is 2.